The highest BCUT2D eigenvalue weighted by atomic mass is 32.2. The molecule has 0 unspecified atom stereocenters. The van der Waals surface area contributed by atoms with Crippen LogP contribution in [-0.2, 0) is 15.6 Å². The molecular weight excluding hydrogens is 230 g/mol. The van der Waals surface area contributed by atoms with E-state index in [1.807, 2.05) is 0 Å². The third kappa shape index (κ3) is 1.91. The average Bonchev–Trinajstić information content (AvgIpc) is 2.95. The van der Waals surface area contributed by atoms with Crippen LogP contribution in [0.15, 0.2) is 23.1 Å². The van der Waals surface area contributed by atoms with Crippen LogP contribution in [-0.4, -0.2) is 20.6 Å². The molecule has 1 aromatic carbocycles. The second-order valence-electron chi connectivity index (χ2n) is 3.94. The summed E-state index contributed by atoms with van der Waals surface area (Å²) in [5.41, 5.74) is -0.316. The molecule has 88 valence electrons. The minimum atomic E-state index is -3.84. The van der Waals surface area contributed by atoms with Crippen molar-refractivity contribution in [2.45, 2.75) is 23.3 Å². The van der Waals surface area contributed by atoms with Crippen molar-refractivity contribution in [2.75, 3.05) is 7.11 Å². The van der Waals surface area contributed by atoms with Crippen LogP contribution in [0.5, 0.6) is 5.75 Å². The fraction of sp³-hybridized carbons (Fsp3) is 0.400. The SMILES string of the molecule is COc1ccc(C2(O)CC2)cc1S(N)(=O)=O. The Kier molecular flexibility index (Phi) is 2.45. The maximum absolute atomic E-state index is 11.3. The highest BCUT2D eigenvalue weighted by Crippen LogP contribution is 2.46. The van der Waals surface area contributed by atoms with E-state index in [0.717, 1.165) is 0 Å². The molecule has 6 heteroatoms. The third-order valence-corrected chi connectivity index (χ3v) is 3.66. The van der Waals surface area contributed by atoms with Gasteiger partial charge in [-0.15, -0.1) is 0 Å². The van der Waals surface area contributed by atoms with Gasteiger partial charge in [0.05, 0.1) is 12.7 Å². The Bertz CT molecular complexity index is 520. The van der Waals surface area contributed by atoms with Crippen molar-refractivity contribution in [1.82, 2.24) is 0 Å². The first kappa shape index (κ1) is 11.4. The Morgan fingerprint density at radius 2 is 2.06 bits per heavy atom. The molecule has 0 bridgehead atoms. The van der Waals surface area contributed by atoms with Gasteiger partial charge >= 0.3 is 0 Å². The number of hydrogen-bond acceptors (Lipinski definition) is 4. The van der Waals surface area contributed by atoms with Gasteiger partial charge in [0.25, 0.3) is 0 Å². The van der Waals surface area contributed by atoms with Crippen LogP contribution in [0.2, 0.25) is 0 Å². The van der Waals surface area contributed by atoms with E-state index in [1.165, 1.54) is 19.2 Å². The summed E-state index contributed by atoms with van der Waals surface area (Å²) < 4.78 is 27.6. The van der Waals surface area contributed by atoms with Crippen molar-refractivity contribution in [3.05, 3.63) is 23.8 Å². The molecule has 16 heavy (non-hydrogen) atoms. The third-order valence-electron chi connectivity index (χ3n) is 2.73. The van der Waals surface area contributed by atoms with Crippen molar-refractivity contribution in [3.8, 4) is 5.75 Å². The van der Waals surface area contributed by atoms with Gasteiger partial charge in [0, 0.05) is 0 Å². The number of nitrogens with two attached hydrogens (primary N) is 1. The first-order chi connectivity index (χ1) is 7.37. The fourth-order valence-electron chi connectivity index (χ4n) is 1.60. The molecule has 1 fully saturated rings. The van der Waals surface area contributed by atoms with Gasteiger partial charge < -0.3 is 9.84 Å². The summed E-state index contributed by atoms with van der Waals surface area (Å²) in [5.74, 6) is 0.190. The zero-order chi connectivity index (χ0) is 12.0. The topological polar surface area (TPSA) is 89.6 Å². The van der Waals surface area contributed by atoms with E-state index in [2.05, 4.69) is 0 Å². The minimum Gasteiger partial charge on any atom is -0.495 e. The van der Waals surface area contributed by atoms with Gasteiger partial charge in [-0.1, -0.05) is 6.07 Å². The van der Waals surface area contributed by atoms with Crippen LogP contribution in [0.25, 0.3) is 0 Å². The van der Waals surface area contributed by atoms with Gasteiger partial charge in [0.1, 0.15) is 10.6 Å². The molecule has 1 saturated carbocycles. The summed E-state index contributed by atoms with van der Waals surface area (Å²) in [5, 5.41) is 15.0. The van der Waals surface area contributed by atoms with Crippen molar-refractivity contribution in [2.24, 2.45) is 5.14 Å². The molecule has 1 aliphatic carbocycles. The number of methoxy groups -OCH3 is 1. The molecule has 1 aliphatic rings. The first-order valence-electron chi connectivity index (χ1n) is 4.80. The van der Waals surface area contributed by atoms with Gasteiger partial charge in [0.15, 0.2) is 0 Å². The molecule has 0 heterocycles. The Balaban J connectivity index is 2.56. The standard InChI is InChI=1S/C10H13NO4S/c1-15-8-3-2-7(10(12)4-5-10)6-9(8)16(11,13)14/h2-3,6,12H,4-5H2,1H3,(H2,11,13,14). The number of primary sulfonamides is 1. The van der Waals surface area contributed by atoms with E-state index in [4.69, 9.17) is 9.88 Å². The number of ether oxygens (including phenoxy) is 1. The molecule has 2 rings (SSSR count). The molecule has 5 nitrogen and oxygen atoms in total. The Morgan fingerprint density at radius 3 is 2.50 bits per heavy atom. The molecule has 0 radical (unpaired) electrons. The lowest BCUT2D eigenvalue weighted by Gasteiger charge is -2.12. The number of hydrogen-bond donors (Lipinski definition) is 2. The van der Waals surface area contributed by atoms with Crippen LogP contribution < -0.4 is 9.88 Å². The highest BCUT2D eigenvalue weighted by Gasteiger charge is 2.42. The maximum Gasteiger partial charge on any atom is 0.241 e. The quantitative estimate of drug-likeness (QED) is 0.800. The predicted octanol–water partition coefficient (Wildman–Crippen LogP) is 0.324. The zero-order valence-corrected chi connectivity index (χ0v) is 9.62. The second-order valence-corrected chi connectivity index (χ2v) is 5.47. The van der Waals surface area contributed by atoms with Gasteiger partial charge in [-0.3, -0.25) is 0 Å². The smallest absolute Gasteiger partial charge is 0.241 e. The second kappa shape index (κ2) is 3.44. The van der Waals surface area contributed by atoms with Crippen LogP contribution in [0.1, 0.15) is 18.4 Å². The summed E-state index contributed by atoms with van der Waals surface area (Å²) >= 11 is 0. The van der Waals surface area contributed by atoms with E-state index >= 15 is 0 Å². The normalized spacial score (nSPS) is 18.2. The number of sulfonamides is 1. The monoisotopic (exact) mass is 243 g/mol. The summed E-state index contributed by atoms with van der Waals surface area (Å²) in [6, 6.07) is 4.53. The highest BCUT2D eigenvalue weighted by molar-refractivity contribution is 7.89. The van der Waals surface area contributed by atoms with Gasteiger partial charge in [-0.05, 0) is 30.5 Å². The van der Waals surface area contributed by atoms with Gasteiger partial charge in [0.2, 0.25) is 10.0 Å². The fourth-order valence-corrected chi connectivity index (χ4v) is 2.32. The van der Waals surface area contributed by atoms with Crippen LogP contribution >= 0.6 is 0 Å². The van der Waals surface area contributed by atoms with Crippen LogP contribution in [0.3, 0.4) is 0 Å². The number of rotatable bonds is 3. The number of aliphatic hydroxyl groups is 1. The molecule has 0 atom stereocenters. The van der Waals surface area contributed by atoms with Crippen LogP contribution in [0, 0.1) is 0 Å². The molecule has 1 aromatic rings. The van der Waals surface area contributed by atoms with Crippen LogP contribution in [0.4, 0.5) is 0 Å². The molecule has 0 saturated heterocycles. The Morgan fingerprint density at radius 1 is 1.44 bits per heavy atom. The first-order valence-corrected chi connectivity index (χ1v) is 6.35. The van der Waals surface area contributed by atoms with Crippen molar-refractivity contribution in [1.29, 1.82) is 0 Å². The molecule has 0 aliphatic heterocycles. The van der Waals surface area contributed by atoms with E-state index in [9.17, 15) is 13.5 Å². The van der Waals surface area contributed by atoms with E-state index in [0.29, 0.717) is 18.4 Å². The maximum atomic E-state index is 11.3. The number of benzene rings is 1. The van der Waals surface area contributed by atoms with E-state index < -0.39 is 15.6 Å². The van der Waals surface area contributed by atoms with Crippen molar-refractivity contribution < 1.29 is 18.3 Å². The average molecular weight is 243 g/mol. The van der Waals surface area contributed by atoms with E-state index in [1.54, 1.807) is 6.07 Å². The van der Waals surface area contributed by atoms with Crippen molar-refractivity contribution in [3.63, 3.8) is 0 Å². The molecule has 3 N–H and O–H groups in total. The molecule has 0 aromatic heterocycles. The van der Waals surface area contributed by atoms with Gasteiger partial charge in [-0.2, -0.15) is 0 Å². The lowest BCUT2D eigenvalue weighted by atomic mass is 10.1. The summed E-state index contributed by atoms with van der Waals surface area (Å²) in [6.07, 6.45) is 1.28. The largest absolute Gasteiger partial charge is 0.495 e. The zero-order valence-electron chi connectivity index (χ0n) is 8.80. The van der Waals surface area contributed by atoms with E-state index in [-0.39, 0.29) is 10.6 Å². The van der Waals surface area contributed by atoms with Crippen molar-refractivity contribution >= 4 is 10.0 Å². The molecular formula is C10H13NO4S. The Labute approximate surface area is 93.9 Å². The van der Waals surface area contributed by atoms with Gasteiger partial charge in [-0.25, -0.2) is 13.6 Å². The molecule has 0 spiro atoms. The predicted molar refractivity (Wildman–Crippen MR) is 57.5 cm³/mol. The minimum absolute atomic E-state index is 0.0900. The summed E-state index contributed by atoms with van der Waals surface area (Å²) in [6.45, 7) is 0. The lowest BCUT2D eigenvalue weighted by molar-refractivity contribution is 0.151. The molecule has 0 amide bonds. The lowest BCUT2D eigenvalue weighted by Crippen LogP contribution is -2.15. The summed E-state index contributed by atoms with van der Waals surface area (Å²) in [4.78, 5) is -0.0900. The summed E-state index contributed by atoms with van der Waals surface area (Å²) in [7, 11) is -2.47. The Hall–Kier alpha value is -1.11.